The summed E-state index contributed by atoms with van der Waals surface area (Å²) in [6.07, 6.45) is 2.03. The molecule has 0 aromatic heterocycles. The number of rotatable bonds is 8. The van der Waals surface area contributed by atoms with Gasteiger partial charge in [0, 0.05) is 9.99 Å². The topological polar surface area (TPSA) is 41.1 Å². The second kappa shape index (κ2) is 8.85. The van der Waals surface area contributed by atoms with Crippen LogP contribution in [0.5, 0.6) is 0 Å². The van der Waals surface area contributed by atoms with Gasteiger partial charge in [0.1, 0.15) is 0 Å². The van der Waals surface area contributed by atoms with Crippen molar-refractivity contribution in [1.29, 1.82) is 0 Å². The third-order valence-electron chi connectivity index (χ3n) is 2.72. The minimum absolute atomic E-state index is 0.166. The van der Waals surface area contributed by atoms with Gasteiger partial charge in [0.15, 0.2) is 5.78 Å². The molecule has 3 nitrogen and oxygen atoms in total. The van der Waals surface area contributed by atoms with Crippen LogP contribution in [0.25, 0.3) is 0 Å². The molecule has 0 saturated heterocycles. The second-order valence-electron chi connectivity index (χ2n) is 4.17. The highest BCUT2D eigenvalue weighted by Gasteiger charge is 2.17. The summed E-state index contributed by atoms with van der Waals surface area (Å²) in [7, 11) is 1.88. The lowest BCUT2D eigenvalue weighted by Gasteiger charge is -2.13. The molecular formula is C13H18ClIN2O. The molecule has 0 amide bonds. The number of ketones is 1. The van der Waals surface area contributed by atoms with Crippen LogP contribution in [0.3, 0.4) is 0 Å². The Morgan fingerprint density at radius 1 is 1.39 bits per heavy atom. The Labute approximate surface area is 127 Å². The van der Waals surface area contributed by atoms with Crippen molar-refractivity contribution in [2.45, 2.75) is 25.3 Å². The van der Waals surface area contributed by atoms with E-state index < -0.39 is 0 Å². The summed E-state index contributed by atoms with van der Waals surface area (Å²) in [4.78, 5) is 14.5. The van der Waals surface area contributed by atoms with Crippen LogP contribution in [0.2, 0.25) is 0 Å². The minimum atomic E-state index is -0.302. The summed E-state index contributed by atoms with van der Waals surface area (Å²) in [6.45, 7) is 0.851. The maximum Gasteiger partial charge on any atom is 0.151 e. The third-order valence-corrected chi connectivity index (χ3v) is 3.71. The van der Waals surface area contributed by atoms with E-state index in [1.165, 1.54) is 3.57 Å². The summed E-state index contributed by atoms with van der Waals surface area (Å²) in [5, 5.41) is 3.03. The number of benzene rings is 1. The molecule has 1 aromatic carbocycles. The molecule has 0 saturated carbocycles. The first kappa shape index (κ1) is 15.9. The summed E-state index contributed by atoms with van der Waals surface area (Å²) < 4.78 is 1.19. The van der Waals surface area contributed by atoms with Gasteiger partial charge in [0.05, 0.1) is 6.04 Å². The van der Waals surface area contributed by atoms with Crippen LogP contribution in [-0.2, 0) is 11.2 Å². The van der Waals surface area contributed by atoms with E-state index in [0.717, 1.165) is 18.5 Å². The monoisotopic (exact) mass is 380 g/mol. The number of nitrogens with one attached hydrogen (secondary N) is 2. The van der Waals surface area contributed by atoms with E-state index in [1.54, 1.807) is 0 Å². The Hall–Kier alpha value is -0.170. The molecule has 100 valence electrons. The fourth-order valence-corrected chi connectivity index (χ4v) is 2.24. The molecule has 0 aliphatic rings. The van der Waals surface area contributed by atoms with Gasteiger partial charge in [-0.15, -0.1) is 0 Å². The van der Waals surface area contributed by atoms with E-state index in [0.29, 0.717) is 12.8 Å². The second-order valence-corrected chi connectivity index (χ2v) is 5.63. The Kier molecular flexibility index (Phi) is 7.81. The van der Waals surface area contributed by atoms with Crippen molar-refractivity contribution in [3.05, 3.63) is 33.4 Å². The average molecular weight is 381 g/mol. The summed E-state index contributed by atoms with van der Waals surface area (Å²) >= 11 is 7.93. The molecule has 5 heteroatoms. The van der Waals surface area contributed by atoms with Crippen molar-refractivity contribution in [3.63, 3.8) is 0 Å². The van der Waals surface area contributed by atoms with E-state index >= 15 is 0 Å². The van der Waals surface area contributed by atoms with Crippen LogP contribution in [0.15, 0.2) is 24.3 Å². The highest BCUT2D eigenvalue weighted by molar-refractivity contribution is 14.1. The van der Waals surface area contributed by atoms with Crippen molar-refractivity contribution >= 4 is 40.2 Å². The molecule has 1 aromatic rings. The molecule has 0 fully saturated rings. The standard InChI is InChI=1S/C13H18ClIN2O/c1-16-8-2-3-13(18)12(17-14)9-10-4-6-11(15)7-5-10/h4-7,12,16-17H,2-3,8-9H2,1H3. The molecular weight excluding hydrogens is 363 g/mol. The lowest BCUT2D eigenvalue weighted by atomic mass is 10.0. The van der Waals surface area contributed by atoms with Gasteiger partial charge >= 0.3 is 0 Å². The molecule has 1 rings (SSSR count). The first-order valence-electron chi connectivity index (χ1n) is 5.95. The maximum absolute atomic E-state index is 11.9. The van der Waals surface area contributed by atoms with Gasteiger partial charge in [-0.05, 0) is 78.5 Å². The van der Waals surface area contributed by atoms with E-state index in [2.05, 4.69) is 32.7 Å². The lowest BCUT2D eigenvalue weighted by Crippen LogP contribution is -2.33. The fraction of sp³-hybridized carbons (Fsp3) is 0.462. The molecule has 0 bridgehead atoms. The summed E-state index contributed by atoms with van der Waals surface area (Å²) in [6, 6.07) is 7.83. The first-order valence-corrected chi connectivity index (χ1v) is 7.41. The number of hydrogen-bond donors (Lipinski definition) is 2. The Balaban J connectivity index is 2.50. The molecule has 1 unspecified atom stereocenters. The highest BCUT2D eigenvalue weighted by Crippen LogP contribution is 2.10. The lowest BCUT2D eigenvalue weighted by molar-refractivity contribution is -0.120. The fourth-order valence-electron chi connectivity index (χ4n) is 1.68. The molecule has 0 radical (unpaired) electrons. The molecule has 0 heterocycles. The van der Waals surface area contributed by atoms with E-state index in [9.17, 15) is 4.79 Å². The van der Waals surface area contributed by atoms with Gasteiger partial charge in [-0.3, -0.25) is 4.79 Å². The predicted octanol–water partition coefficient (Wildman–Crippen LogP) is 2.51. The van der Waals surface area contributed by atoms with Crippen molar-refractivity contribution < 1.29 is 4.79 Å². The molecule has 0 spiro atoms. The zero-order valence-electron chi connectivity index (χ0n) is 10.4. The Morgan fingerprint density at radius 2 is 2.06 bits per heavy atom. The average Bonchev–Trinajstić information content (AvgIpc) is 2.38. The molecule has 1 atom stereocenters. The Morgan fingerprint density at radius 3 is 2.61 bits per heavy atom. The number of halogens is 2. The van der Waals surface area contributed by atoms with Gasteiger partial charge in [-0.2, -0.15) is 0 Å². The van der Waals surface area contributed by atoms with Crippen molar-refractivity contribution in [3.8, 4) is 0 Å². The first-order chi connectivity index (χ1) is 8.67. The quantitative estimate of drug-likeness (QED) is 0.414. The van der Waals surface area contributed by atoms with E-state index in [-0.39, 0.29) is 11.8 Å². The van der Waals surface area contributed by atoms with Crippen LogP contribution in [0, 0.1) is 3.57 Å². The predicted molar refractivity (Wildman–Crippen MR) is 83.8 cm³/mol. The van der Waals surface area contributed by atoms with Crippen LogP contribution in [-0.4, -0.2) is 25.4 Å². The summed E-state index contributed by atoms with van der Waals surface area (Å²) in [5.74, 6) is 0.166. The number of Topliss-reactive ketones (excluding diaryl/α,β-unsaturated/α-hetero) is 1. The zero-order chi connectivity index (χ0) is 13.4. The third kappa shape index (κ3) is 5.65. The summed E-state index contributed by atoms with van der Waals surface area (Å²) in [5.41, 5.74) is 1.12. The maximum atomic E-state index is 11.9. The van der Waals surface area contributed by atoms with Crippen molar-refractivity contribution in [2.75, 3.05) is 13.6 Å². The molecule has 0 aliphatic heterocycles. The minimum Gasteiger partial charge on any atom is -0.320 e. The van der Waals surface area contributed by atoms with Crippen LogP contribution in [0.4, 0.5) is 0 Å². The van der Waals surface area contributed by atoms with Crippen LogP contribution < -0.4 is 10.2 Å². The number of hydrogen-bond acceptors (Lipinski definition) is 3. The van der Waals surface area contributed by atoms with E-state index in [1.807, 2.05) is 31.3 Å². The van der Waals surface area contributed by atoms with Gasteiger partial charge in [-0.1, -0.05) is 12.1 Å². The zero-order valence-corrected chi connectivity index (χ0v) is 13.3. The van der Waals surface area contributed by atoms with Gasteiger partial charge in [0.25, 0.3) is 0 Å². The molecule has 2 N–H and O–H groups in total. The molecule has 0 aliphatic carbocycles. The van der Waals surface area contributed by atoms with Crippen molar-refractivity contribution in [1.82, 2.24) is 10.2 Å². The largest absolute Gasteiger partial charge is 0.320 e. The molecule has 18 heavy (non-hydrogen) atoms. The van der Waals surface area contributed by atoms with E-state index in [4.69, 9.17) is 11.8 Å². The normalized spacial score (nSPS) is 12.4. The smallest absolute Gasteiger partial charge is 0.151 e. The van der Waals surface area contributed by atoms with Gasteiger partial charge < -0.3 is 5.32 Å². The highest BCUT2D eigenvalue weighted by atomic mass is 127. The SMILES string of the molecule is CNCCCC(=O)C(Cc1ccc(I)cc1)NCl. The Bertz CT molecular complexity index is 370. The number of carbonyl (C=O) groups excluding carboxylic acids is 1. The number of carbonyl (C=O) groups is 1. The van der Waals surface area contributed by atoms with Crippen LogP contribution >= 0.6 is 34.4 Å². The van der Waals surface area contributed by atoms with Gasteiger partial charge in [-0.25, -0.2) is 4.84 Å². The van der Waals surface area contributed by atoms with Crippen LogP contribution in [0.1, 0.15) is 18.4 Å². The van der Waals surface area contributed by atoms with Gasteiger partial charge in [0.2, 0.25) is 0 Å². The van der Waals surface area contributed by atoms with Crippen molar-refractivity contribution in [2.24, 2.45) is 0 Å².